The summed E-state index contributed by atoms with van der Waals surface area (Å²) in [6.45, 7) is 1.42. The Morgan fingerprint density at radius 3 is 2.27 bits per heavy atom. The first kappa shape index (κ1) is 30.5. The number of nitrogens with one attached hydrogen (secondary N) is 2. The summed E-state index contributed by atoms with van der Waals surface area (Å²) < 4.78 is 16.1. The Bertz CT molecular complexity index is 1470. The number of nitrogens with zero attached hydrogens (tertiary/aromatic N) is 3. The minimum absolute atomic E-state index is 0.0443. The van der Waals surface area contributed by atoms with Gasteiger partial charge in [-0.3, -0.25) is 9.59 Å². The number of likely N-dealkylation sites (tertiary alicyclic amines) is 1. The number of hydrogen-bond acceptors (Lipinski definition) is 7. The highest BCUT2D eigenvalue weighted by Gasteiger charge is 2.54. The maximum absolute atomic E-state index is 14.0. The molecule has 5 rings (SSSR count). The number of carbonyl (C=O) groups is 3. The number of amides is 4. The van der Waals surface area contributed by atoms with Crippen LogP contribution in [0.2, 0.25) is 0 Å². The second kappa shape index (κ2) is 13.6. The average Bonchev–Trinajstić information content (AvgIpc) is 3.31. The zero-order valence-corrected chi connectivity index (χ0v) is 25.4. The average molecular weight is 602 g/mol. The fraction of sp³-hybridized carbons (Fsp3) is 0.364. The van der Waals surface area contributed by atoms with Crippen molar-refractivity contribution < 1.29 is 28.6 Å². The molecule has 0 atom stereocenters. The van der Waals surface area contributed by atoms with E-state index < -0.39 is 5.54 Å². The van der Waals surface area contributed by atoms with Gasteiger partial charge in [0.25, 0.3) is 5.91 Å². The Balaban J connectivity index is 1.24. The van der Waals surface area contributed by atoms with Gasteiger partial charge in [0.15, 0.2) is 0 Å². The molecule has 2 aliphatic heterocycles. The van der Waals surface area contributed by atoms with Crippen LogP contribution < -0.4 is 29.7 Å². The molecule has 0 saturated carbocycles. The molecule has 2 heterocycles. The fourth-order valence-electron chi connectivity index (χ4n) is 5.97. The number of piperidine rings is 1. The van der Waals surface area contributed by atoms with Crippen LogP contribution in [-0.2, 0) is 16.0 Å². The van der Waals surface area contributed by atoms with Gasteiger partial charge < -0.3 is 39.5 Å². The lowest BCUT2D eigenvalue weighted by molar-refractivity contribution is -0.137. The van der Waals surface area contributed by atoms with Crippen LogP contribution in [0.15, 0.2) is 72.8 Å². The zero-order valence-electron chi connectivity index (χ0n) is 25.4. The van der Waals surface area contributed by atoms with Gasteiger partial charge in [0, 0.05) is 31.4 Å². The standard InChI is InChI=1S/C33H39N5O6/c1-42-26-13-14-27(29(21-26)44-3)35-32(41)36-19-16-33(17-20-36)31(40)37(23-38(33)25-10-5-4-6-11-25)22-30(39)34-18-15-24-9-7-8-12-28(24)43-2/h4-14,21H,15-20,22-23H2,1-3H3,(H,34,39)(H,35,41). The van der Waals surface area contributed by atoms with Crippen molar-refractivity contribution in [1.82, 2.24) is 15.1 Å². The predicted octanol–water partition coefficient (Wildman–Crippen LogP) is 3.74. The largest absolute Gasteiger partial charge is 0.497 e. The van der Waals surface area contributed by atoms with Gasteiger partial charge in [-0.05, 0) is 55.2 Å². The van der Waals surface area contributed by atoms with Crippen LogP contribution >= 0.6 is 0 Å². The normalized spacial score (nSPS) is 15.7. The van der Waals surface area contributed by atoms with E-state index in [1.54, 1.807) is 42.2 Å². The summed E-state index contributed by atoms with van der Waals surface area (Å²) in [5.41, 5.74) is 1.58. The van der Waals surface area contributed by atoms with Gasteiger partial charge in [0.1, 0.15) is 29.3 Å². The number of ether oxygens (including phenoxy) is 3. The van der Waals surface area contributed by atoms with Crippen molar-refractivity contribution in [2.75, 3.05) is 64.4 Å². The number of rotatable bonds is 10. The number of anilines is 2. The minimum atomic E-state index is -0.854. The molecule has 0 bridgehead atoms. The zero-order chi connectivity index (χ0) is 31.1. The number of carbonyl (C=O) groups excluding carboxylic acids is 3. The highest BCUT2D eigenvalue weighted by molar-refractivity contribution is 5.97. The molecule has 2 fully saturated rings. The Kier molecular flexibility index (Phi) is 9.42. The third-order valence-electron chi connectivity index (χ3n) is 8.35. The molecule has 2 saturated heterocycles. The fourth-order valence-corrected chi connectivity index (χ4v) is 5.97. The third-order valence-corrected chi connectivity index (χ3v) is 8.35. The van der Waals surface area contributed by atoms with Crippen molar-refractivity contribution in [2.45, 2.75) is 24.8 Å². The van der Waals surface area contributed by atoms with Crippen molar-refractivity contribution in [3.63, 3.8) is 0 Å². The number of benzene rings is 3. The first-order valence-corrected chi connectivity index (χ1v) is 14.7. The van der Waals surface area contributed by atoms with E-state index in [2.05, 4.69) is 15.5 Å². The first-order chi connectivity index (χ1) is 21.4. The van der Waals surface area contributed by atoms with Gasteiger partial charge >= 0.3 is 6.03 Å². The lowest BCUT2D eigenvalue weighted by Gasteiger charge is -2.43. The molecule has 44 heavy (non-hydrogen) atoms. The van der Waals surface area contributed by atoms with Crippen LogP contribution in [0.1, 0.15) is 18.4 Å². The lowest BCUT2D eigenvalue weighted by atomic mass is 9.85. The number of hydrogen-bond donors (Lipinski definition) is 2. The SMILES string of the molecule is COc1ccc(NC(=O)N2CCC3(CC2)C(=O)N(CC(=O)NCCc2ccccc2OC)CN3c2ccccc2)c(OC)c1. The summed E-state index contributed by atoms with van der Waals surface area (Å²) in [6.07, 6.45) is 1.48. The minimum Gasteiger partial charge on any atom is -0.497 e. The first-order valence-electron chi connectivity index (χ1n) is 14.7. The van der Waals surface area contributed by atoms with E-state index in [1.165, 1.54) is 7.11 Å². The van der Waals surface area contributed by atoms with Gasteiger partial charge in [-0.2, -0.15) is 0 Å². The molecule has 3 aromatic rings. The molecule has 11 heteroatoms. The molecule has 0 aromatic heterocycles. The van der Waals surface area contributed by atoms with E-state index in [1.807, 2.05) is 54.6 Å². The van der Waals surface area contributed by atoms with Gasteiger partial charge in [-0.15, -0.1) is 0 Å². The van der Waals surface area contributed by atoms with E-state index in [0.29, 0.717) is 56.1 Å². The Hall–Kier alpha value is -4.93. The van der Waals surface area contributed by atoms with Gasteiger partial charge in [0.05, 0.1) is 33.7 Å². The Morgan fingerprint density at radius 2 is 1.57 bits per heavy atom. The molecule has 3 aromatic carbocycles. The maximum Gasteiger partial charge on any atom is 0.321 e. The molecular weight excluding hydrogens is 562 g/mol. The van der Waals surface area contributed by atoms with E-state index in [9.17, 15) is 14.4 Å². The summed E-state index contributed by atoms with van der Waals surface area (Å²) >= 11 is 0. The van der Waals surface area contributed by atoms with Gasteiger partial charge in [-0.1, -0.05) is 36.4 Å². The topological polar surface area (TPSA) is 113 Å². The predicted molar refractivity (Wildman–Crippen MR) is 167 cm³/mol. The van der Waals surface area contributed by atoms with Crippen LogP contribution in [0.4, 0.5) is 16.2 Å². The smallest absolute Gasteiger partial charge is 0.321 e. The highest BCUT2D eigenvalue weighted by atomic mass is 16.5. The summed E-state index contributed by atoms with van der Waals surface area (Å²) in [5.74, 6) is 1.57. The van der Waals surface area contributed by atoms with E-state index >= 15 is 0 Å². The quantitative estimate of drug-likeness (QED) is 0.364. The Labute approximate surface area is 257 Å². The molecule has 1 spiro atoms. The third kappa shape index (κ3) is 6.36. The molecule has 2 aliphatic rings. The summed E-state index contributed by atoms with van der Waals surface area (Å²) in [5, 5.41) is 5.88. The summed E-state index contributed by atoms with van der Waals surface area (Å²) in [7, 11) is 4.72. The molecule has 2 N–H and O–H groups in total. The summed E-state index contributed by atoms with van der Waals surface area (Å²) in [4.78, 5) is 45.7. The van der Waals surface area contributed by atoms with E-state index in [4.69, 9.17) is 14.2 Å². The molecule has 0 unspecified atom stereocenters. The van der Waals surface area contributed by atoms with Crippen molar-refractivity contribution in [2.24, 2.45) is 0 Å². The summed E-state index contributed by atoms with van der Waals surface area (Å²) in [6, 6.07) is 22.4. The lowest BCUT2D eigenvalue weighted by Crippen LogP contribution is -2.58. The molecule has 4 amide bonds. The van der Waals surface area contributed by atoms with Crippen LogP contribution in [0.5, 0.6) is 17.2 Å². The molecule has 11 nitrogen and oxygen atoms in total. The van der Waals surface area contributed by atoms with E-state index in [0.717, 1.165) is 17.0 Å². The van der Waals surface area contributed by atoms with Gasteiger partial charge in [-0.25, -0.2) is 4.79 Å². The van der Waals surface area contributed by atoms with Crippen LogP contribution in [0.3, 0.4) is 0 Å². The van der Waals surface area contributed by atoms with Crippen LogP contribution in [0, 0.1) is 0 Å². The second-order valence-corrected chi connectivity index (χ2v) is 10.8. The van der Waals surface area contributed by atoms with E-state index in [-0.39, 0.29) is 31.1 Å². The second-order valence-electron chi connectivity index (χ2n) is 10.8. The number of methoxy groups -OCH3 is 3. The van der Waals surface area contributed by atoms with Gasteiger partial charge in [0.2, 0.25) is 5.91 Å². The van der Waals surface area contributed by atoms with Crippen molar-refractivity contribution in [3.05, 3.63) is 78.4 Å². The number of urea groups is 1. The highest BCUT2D eigenvalue weighted by Crippen LogP contribution is 2.40. The maximum atomic E-state index is 14.0. The monoisotopic (exact) mass is 601 g/mol. The molecular formula is C33H39N5O6. The van der Waals surface area contributed by atoms with Crippen molar-refractivity contribution in [1.29, 1.82) is 0 Å². The van der Waals surface area contributed by atoms with Crippen molar-refractivity contribution >= 4 is 29.2 Å². The van der Waals surface area contributed by atoms with Crippen molar-refractivity contribution in [3.8, 4) is 17.2 Å². The number of para-hydroxylation sites is 2. The molecule has 0 aliphatic carbocycles. The molecule has 0 radical (unpaired) electrons. The Morgan fingerprint density at radius 1 is 0.864 bits per heavy atom. The van der Waals surface area contributed by atoms with Crippen LogP contribution in [-0.4, -0.2) is 87.4 Å². The molecule has 232 valence electrons. The van der Waals surface area contributed by atoms with Crippen LogP contribution in [0.25, 0.3) is 0 Å².